The summed E-state index contributed by atoms with van der Waals surface area (Å²) in [7, 11) is 0. The Morgan fingerprint density at radius 3 is 1.87 bits per heavy atom. The van der Waals surface area contributed by atoms with Gasteiger partial charge in [-0.2, -0.15) is 0 Å². The van der Waals surface area contributed by atoms with E-state index in [1.165, 1.54) is 94.6 Å². The van der Waals surface area contributed by atoms with Gasteiger partial charge in [0.25, 0.3) is 0 Å². The number of benzene rings is 1. The van der Waals surface area contributed by atoms with Crippen LogP contribution in [0.3, 0.4) is 0 Å². The van der Waals surface area contributed by atoms with Gasteiger partial charge in [0, 0.05) is 18.0 Å². The van der Waals surface area contributed by atoms with Crippen LogP contribution in [0.1, 0.15) is 108 Å². The molecule has 1 aliphatic carbocycles. The molecule has 1 aromatic carbocycles. The summed E-state index contributed by atoms with van der Waals surface area (Å²) in [6.45, 7) is 4.48. The van der Waals surface area contributed by atoms with E-state index in [0.29, 0.717) is 0 Å². The highest BCUT2D eigenvalue weighted by molar-refractivity contribution is 5.55. The van der Waals surface area contributed by atoms with Crippen LogP contribution in [0.15, 0.2) is 36.7 Å². The van der Waals surface area contributed by atoms with Crippen molar-refractivity contribution in [3.63, 3.8) is 0 Å². The van der Waals surface area contributed by atoms with E-state index in [2.05, 4.69) is 48.1 Å². The molecule has 0 N–H and O–H groups in total. The normalized spacial score (nSPS) is 18.9. The Hall–Kier alpha value is -1.70. The van der Waals surface area contributed by atoms with Crippen molar-refractivity contribution in [2.45, 2.75) is 110 Å². The van der Waals surface area contributed by atoms with Crippen molar-refractivity contribution in [1.82, 2.24) is 9.97 Å². The molecule has 0 saturated heterocycles. The SMILES string of the molecule is CCCCCCCCCC1CCC(CCc2cnc(-c3ccc(CC)cc3)nc2)CC1. The second-order valence-corrected chi connectivity index (χ2v) is 9.80. The fourth-order valence-corrected chi connectivity index (χ4v) is 5.09. The zero-order valence-corrected chi connectivity index (χ0v) is 20.1. The molecule has 2 nitrogen and oxygen atoms in total. The maximum Gasteiger partial charge on any atom is 0.159 e. The summed E-state index contributed by atoms with van der Waals surface area (Å²) in [5, 5.41) is 0. The third-order valence-electron chi connectivity index (χ3n) is 7.35. The second kappa shape index (κ2) is 13.7. The third-order valence-corrected chi connectivity index (χ3v) is 7.35. The molecule has 1 saturated carbocycles. The maximum absolute atomic E-state index is 4.63. The van der Waals surface area contributed by atoms with E-state index in [-0.39, 0.29) is 0 Å². The van der Waals surface area contributed by atoms with Gasteiger partial charge in [-0.25, -0.2) is 9.97 Å². The lowest BCUT2D eigenvalue weighted by Gasteiger charge is -2.28. The first-order chi connectivity index (χ1) is 15.3. The first-order valence-corrected chi connectivity index (χ1v) is 13.2. The molecule has 3 rings (SSSR count). The number of aromatic nitrogens is 2. The van der Waals surface area contributed by atoms with Gasteiger partial charge in [-0.05, 0) is 42.2 Å². The first kappa shape index (κ1) is 24.0. The van der Waals surface area contributed by atoms with Crippen molar-refractivity contribution < 1.29 is 0 Å². The van der Waals surface area contributed by atoms with Crippen LogP contribution in [0.4, 0.5) is 0 Å². The molecule has 2 heteroatoms. The predicted octanol–water partition coefficient (Wildman–Crippen LogP) is 8.59. The van der Waals surface area contributed by atoms with E-state index in [1.807, 2.05) is 12.4 Å². The summed E-state index contributed by atoms with van der Waals surface area (Å²) in [6, 6.07) is 8.63. The highest BCUT2D eigenvalue weighted by atomic mass is 14.9. The van der Waals surface area contributed by atoms with Gasteiger partial charge in [0.05, 0.1) is 0 Å². The Kier molecular flexibility index (Phi) is 10.6. The van der Waals surface area contributed by atoms with Crippen molar-refractivity contribution in [3.8, 4) is 11.4 Å². The summed E-state index contributed by atoms with van der Waals surface area (Å²) in [5.74, 6) is 2.76. The Morgan fingerprint density at radius 1 is 0.677 bits per heavy atom. The Morgan fingerprint density at radius 2 is 1.26 bits per heavy atom. The zero-order valence-electron chi connectivity index (χ0n) is 20.1. The minimum atomic E-state index is 0.845. The molecule has 1 heterocycles. The lowest BCUT2D eigenvalue weighted by molar-refractivity contribution is 0.248. The van der Waals surface area contributed by atoms with Crippen molar-refractivity contribution in [3.05, 3.63) is 47.8 Å². The van der Waals surface area contributed by atoms with Crippen molar-refractivity contribution in [1.29, 1.82) is 0 Å². The molecule has 170 valence electrons. The number of hydrogen-bond donors (Lipinski definition) is 0. The fourth-order valence-electron chi connectivity index (χ4n) is 5.09. The average Bonchev–Trinajstić information content (AvgIpc) is 2.83. The number of aryl methyl sites for hydroxylation is 2. The van der Waals surface area contributed by atoms with Crippen LogP contribution in [0.5, 0.6) is 0 Å². The Labute approximate surface area is 191 Å². The van der Waals surface area contributed by atoms with Crippen LogP contribution in [0, 0.1) is 11.8 Å². The van der Waals surface area contributed by atoms with Gasteiger partial charge in [0.1, 0.15) is 0 Å². The molecule has 0 bridgehead atoms. The standard InChI is InChI=1S/C29H44N2/c1-3-5-6-7-8-9-10-11-25-12-14-26(15-13-25)16-17-27-22-30-29(31-23-27)28-20-18-24(4-2)19-21-28/h18-23,25-26H,3-17H2,1-2H3. The molecule has 2 aromatic rings. The summed E-state index contributed by atoms with van der Waals surface area (Å²) >= 11 is 0. The topological polar surface area (TPSA) is 25.8 Å². The number of unbranched alkanes of at least 4 members (excludes halogenated alkanes) is 6. The van der Waals surface area contributed by atoms with Gasteiger partial charge in [0.2, 0.25) is 0 Å². The van der Waals surface area contributed by atoms with E-state index in [9.17, 15) is 0 Å². The zero-order chi connectivity index (χ0) is 21.7. The van der Waals surface area contributed by atoms with Gasteiger partial charge in [-0.3, -0.25) is 0 Å². The van der Waals surface area contributed by atoms with Crippen LogP contribution < -0.4 is 0 Å². The molecular formula is C29H44N2. The van der Waals surface area contributed by atoms with Crippen LogP contribution >= 0.6 is 0 Å². The Bertz CT molecular complexity index is 711. The van der Waals surface area contributed by atoms with Gasteiger partial charge < -0.3 is 0 Å². The van der Waals surface area contributed by atoms with Crippen LogP contribution in [0.25, 0.3) is 11.4 Å². The molecule has 1 fully saturated rings. The van der Waals surface area contributed by atoms with Crippen LogP contribution in [-0.4, -0.2) is 9.97 Å². The summed E-state index contributed by atoms with van der Waals surface area (Å²) in [4.78, 5) is 9.27. The van der Waals surface area contributed by atoms with Crippen molar-refractivity contribution in [2.24, 2.45) is 11.8 Å². The van der Waals surface area contributed by atoms with Crippen LogP contribution in [0.2, 0.25) is 0 Å². The molecule has 0 atom stereocenters. The van der Waals surface area contributed by atoms with E-state index < -0.39 is 0 Å². The molecule has 31 heavy (non-hydrogen) atoms. The van der Waals surface area contributed by atoms with Gasteiger partial charge in [0.15, 0.2) is 5.82 Å². The predicted molar refractivity (Wildman–Crippen MR) is 133 cm³/mol. The molecule has 1 aliphatic rings. The van der Waals surface area contributed by atoms with Gasteiger partial charge in [-0.1, -0.05) is 115 Å². The first-order valence-electron chi connectivity index (χ1n) is 13.2. The quantitative estimate of drug-likeness (QED) is 0.303. The highest BCUT2D eigenvalue weighted by Gasteiger charge is 2.20. The molecule has 1 aromatic heterocycles. The summed E-state index contributed by atoms with van der Waals surface area (Å²) in [5.41, 5.74) is 3.76. The minimum Gasteiger partial charge on any atom is -0.236 e. The fraction of sp³-hybridized carbons (Fsp3) is 0.655. The molecular weight excluding hydrogens is 376 g/mol. The van der Waals surface area contributed by atoms with E-state index in [4.69, 9.17) is 0 Å². The van der Waals surface area contributed by atoms with Gasteiger partial charge >= 0.3 is 0 Å². The van der Waals surface area contributed by atoms with E-state index in [1.54, 1.807) is 0 Å². The summed E-state index contributed by atoms with van der Waals surface area (Å²) < 4.78 is 0. The molecule has 0 spiro atoms. The Balaban J connectivity index is 1.30. The largest absolute Gasteiger partial charge is 0.236 e. The third kappa shape index (κ3) is 8.39. The maximum atomic E-state index is 4.63. The number of hydrogen-bond acceptors (Lipinski definition) is 2. The summed E-state index contributed by atoms with van der Waals surface area (Å²) in [6.07, 6.45) is 24.9. The van der Waals surface area contributed by atoms with Crippen molar-refractivity contribution in [2.75, 3.05) is 0 Å². The van der Waals surface area contributed by atoms with Gasteiger partial charge in [-0.15, -0.1) is 0 Å². The molecule has 0 aliphatic heterocycles. The molecule has 0 radical (unpaired) electrons. The lowest BCUT2D eigenvalue weighted by Crippen LogP contribution is -2.15. The molecule has 0 unspecified atom stereocenters. The molecule has 0 amide bonds. The minimum absolute atomic E-state index is 0.845. The number of nitrogens with zero attached hydrogens (tertiary/aromatic N) is 2. The smallest absolute Gasteiger partial charge is 0.159 e. The van der Waals surface area contributed by atoms with Crippen LogP contribution in [-0.2, 0) is 12.8 Å². The van der Waals surface area contributed by atoms with E-state index >= 15 is 0 Å². The average molecular weight is 421 g/mol. The van der Waals surface area contributed by atoms with E-state index in [0.717, 1.165) is 36.1 Å². The monoisotopic (exact) mass is 420 g/mol. The highest BCUT2D eigenvalue weighted by Crippen LogP contribution is 2.34. The lowest BCUT2D eigenvalue weighted by atomic mass is 9.78. The van der Waals surface area contributed by atoms with Crippen molar-refractivity contribution >= 4 is 0 Å². The number of rotatable bonds is 13. The second-order valence-electron chi connectivity index (χ2n) is 9.80.